The third-order valence-electron chi connectivity index (χ3n) is 4.82. The zero-order valence-corrected chi connectivity index (χ0v) is 16.6. The number of phenols is 1. The Hall–Kier alpha value is -3.73. The number of aryl methyl sites for hydroxylation is 1. The van der Waals surface area contributed by atoms with E-state index >= 15 is 0 Å². The molecule has 0 aliphatic heterocycles. The van der Waals surface area contributed by atoms with Crippen molar-refractivity contribution in [3.63, 3.8) is 0 Å². The molecule has 1 aromatic heterocycles. The lowest BCUT2D eigenvalue weighted by Gasteiger charge is -2.11. The van der Waals surface area contributed by atoms with Crippen LogP contribution in [0.5, 0.6) is 17.2 Å². The lowest BCUT2D eigenvalue weighted by molar-refractivity contribution is 0.386. The molecule has 0 aliphatic carbocycles. The fraction of sp³-hybridized carbons (Fsp3) is 0.125. The first kappa shape index (κ1) is 18.6. The first-order valence-electron chi connectivity index (χ1n) is 9.28. The molecule has 5 nitrogen and oxygen atoms in total. The molecule has 1 heterocycles. The van der Waals surface area contributed by atoms with Crippen LogP contribution < -0.4 is 9.47 Å². The van der Waals surface area contributed by atoms with Crippen LogP contribution >= 0.6 is 0 Å². The van der Waals surface area contributed by atoms with Gasteiger partial charge in [0.1, 0.15) is 22.9 Å². The summed E-state index contributed by atoms with van der Waals surface area (Å²) in [6.45, 7) is 2.06. The van der Waals surface area contributed by atoms with Gasteiger partial charge in [0, 0.05) is 17.7 Å². The molecule has 0 bridgehead atoms. The standard InChI is InChI=1S/C24H22N2O3/c1-16-9-11-17(12-10-16)21-15-20(25-26(21)18-7-5-4-6-8-18)24-22(27)13-19(28-2)14-23(24)29-3/h4-15,27H,1-3H3. The minimum absolute atomic E-state index is 0.0503. The molecule has 4 aromatic rings. The Morgan fingerprint density at radius 2 is 1.59 bits per heavy atom. The lowest BCUT2D eigenvalue weighted by Crippen LogP contribution is -1.99. The average molecular weight is 386 g/mol. The van der Waals surface area contributed by atoms with Gasteiger partial charge in [0.05, 0.1) is 31.2 Å². The van der Waals surface area contributed by atoms with Crippen molar-refractivity contribution < 1.29 is 14.6 Å². The Kier molecular flexibility index (Phi) is 4.96. The second-order valence-corrected chi connectivity index (χ2v) is 6.75. The fourth-order valence-electron chi connectivity index (χ4n) is 3.31. The van der Waals surface area contributed by atoms with Crippen LogP contribution in [-0.2, 0) is 0 Å². The Morgan fingerprint density at radius 1 is 0.862 bits per heavy atom. The average Bonchev–Trinajstić information content (AvgIpc) is 3.19. The second kappa shape index (κ2) is 7.72. The van der Waals surface area contributed by atoms with E-state index in [1.807, 2.05) is 41.1 Å². The summed E-state index contributed by atoms with van der Waals surface area (Å²) in [5, 5.41) is 15.5. The molecule has 146 valence electrons. The minimum Gasteiger partial charge on any atom is -0.507 e. The van der Waals surface area contributed by atoms with Crippen molar-refractivity contribution in [2.75, 3.05) is 14.2 Å². The van der Waals surface area contributed by atoms with Crippen LogP contribution in [0.15, 0.2) is 72.8 Å². The van der Waals surface area contributed by atoms with Crippen molar-refractivity contribution in [3.05, 3.63) is 78.4 Å². The van der Waals surface area contributed by atoms with Crippen LogP contribution in [0.2, 0.25) is 0 Å². The maximum absolute atomic E-state index is 10.7. The summed E-state index contributed by atoms with van der Waals surface area (Å²) < 4.78 is 12.6. The third-order valence-corrected chi connectivity index (χ3v) is 4.82. The van der Waals surface area contributed by atoms with E-state index in [4.69, 9.17) is 14.6 Å². The molecule has 0 unspecified atom stereocenters. The van der Waals surface area contributed by atoms with Gasteiger partial charge in [-0.25, -0.2) is 4.68 Å². The molecule has 0 atom stereocenters. The van der Waals surface area contributed by atoms with Crippen LogP contribution in [0, 0.1) is 6.92 Å². The van der Waals surface area contributed by atoms with Crippen LogP contribution in [0.25, 0.3) is 28.2 Å². The SMILES string of the molecule is COc1cc(O)c(-c2cc(-c3ccc(C)cc3)n(-c3ccccc3)n2)c(OC)c1. The summed E-state index contributed by atoms with van der Waals surface area (Å²) in [4.78, 5) is 0. The predicted molar refractivity (Wildman–Crippen MR) is 114 cm³/mol. The van der Waals surface area contributed by atoms with E-state index in [0.29, 0.717) is 22.8 Å². The van der Waals surface area contributed by atoms with Crippen molar-refractivity contribution in [1.29, 1.82) is 0 Å². The second-order valence-electron chi connectivity index (χ2n) is 6.75. The van der Waals surface area contributed by atoms with Gasteiger partial charge in [0.2, 0.25) is 0 Å². The van der Waals surface area contributed by atoms with Gasteiger partial charge in [-0.2, -0.15) is 5.10 Å². The van der Waals surface area contributed by atoms with Gasteiger partial charge in [-0.1, -0.05) is 48.0 Å². The molecule has 5 heteroatoms. The van der Waals surface area contributed by atoms with Crippen LogP contribution in [0.1, 0.15) is 5.56 Å². The van der Waals surface area contributed by atoms with E-state index in [2.05, 4.69) is 31.2 Å². The third kappa shape index (κ3) is 3.55. The van der Waals surface area contributed by atoms with Crippen LogP contribution in [0.3, 0.4) is 0 Å². The number of methoxy groups -OCH3 is 2. The highest BCUT2D eigenvalue weighted by Gasteiger charge is 2.20. The number of aromatic nitrogens is 2. The topological polar surface area (TPSA) is 56.5 Å². The van der Waals surface area contributed by atoms with E-state index < -0.39 is 0 Å². The highest BCUT2D eigenvalue weighted by molar-refractivity contribution is 5.79. The zero-order chi connectivity index (χ0) is 20.4. The molecule has 0 saturated heterocycles. The van der Waals surface area contributed by atoms with E-state index in [1.54, 1.807) is 26.4 Å². The van der Waals surface area contributed by atoms with Gasteiger partial charge in [-0.05, 0) is 25.1 Å². The van der Waals surface area contributed by atoms with E-state index in [9.17, 15) is 5.11 Å². The van der Waals surface area contributed by atoms with E-state index in [0.717, 1.165) is 16.9 Å². The summed E-state index contributed by atoms with van der Waals surface area (Å²) in [6, 6.07) is 23.5. The van der Waals surface area contributed by atoms with Gasteiger partial charge in [0.15, 0.2) is 0 Å². The molecule has 0 spiro atoms. The molecule has 0 amide bonds. The molecule has 3 aromatic carbocycles. The minimum atomic E-state index is 0.0503. The van der Waals surface area contributed by atoms with Crippen LogP contribution in [0.4, 0.5) is 0 Å². The van der Waals surface area contributed by atoms with Crippen molar-refractivity contribution >= 4 is 0 Å². The molecule has 0 radical (unpaired) electrons. The predicted octanol–water partition coefficient (Wildman–Crippen LogP) is 5.24. The summed E-state index contributed by atoms with van der Waals surface area (Å²) in [5.74, 6) is 1.06. The quantitative estimate of drug-likeness (QED) is 0.510. The number of hydrogen-bond acceptors (Lipinski definition) is 4. The smallest absolute Gasteiger partial charge is 0.135 e. The Morgan fingerprint density at radius 3 is 2.24 bits per heavy atom. The summed E-state index contributed by atoms with van der Waals surface area (Å²) in [5.41, 5.74) is 5.21. The highest BCUT2D eigenvalue weighted by Crippen LogP contribution is 2.42. The molecule has 0 fully saturated rings. The Labute approximate surface area is 169 Å². The fourth-order valence-corrected chi connectivity index (χ4v) is 3.31. The maximum Gasteiger partial charge on any atom is 0.135 e. The van der Waals surface area contributed by atoms with E-state index in [1.165, 1.54) is 5.56 Å². The largest absolute Gasteiger partial charge is 0.507 e. The molecule has 29 heavy (non-hydrogen) atoms. The lowest BCUT2D eigenvalue weighted by atomic mass is 10.1. The van der Waals surface area contributed by atoms with Crippen LogP contribution in [-0.4, -0.2) is 29.1 Å². The Balaban J connectivity index is 1.94. The molecular formula is C24H22N2O3. The number of hydrogen-bond donors (Lipinski definition) is 1. The number of aromatic hydroxyl groups is 1. The molecule has 4 rings (SSSR count). The van der Waals surface area contributed by atoms with Crippen molar-refractivity contribution in [3.8, 4) is 45.5 Å². The molecular weight excluding hydrogens is 364 g/mol. The number of rotatable bonds is 5. The van der Waals surface area contributed by atoms with Crippen molar-refractivity contribution in [1.82, 2.24) is 9.78 Å². The Bertz CT molecular complexity index is 1130. The summed E-state index contributed by atoms with van der Waals surface area (Å²) in [7, 11) is 3.11. The molecule has 0 aliphatic rings. The van der Waals surface area contributed by atoms with Gasteiger partial charge in [-0.15, -0.1) is 0 Å². The van der Waals surface area contributed by atoms with Gasteiger partial charge < -0.3 is 14.6 Å². The number of para-hydroxylation sites is 1. The summed E-state index contributed by atoms with van der Waals surface area (Å²) >= 11 is 0. The van der Waals surface area contributed by atoms with Crippen molar-refractivity contribution in [2.24, 2.45) is 0 Å². The normalized spacial score (nSPS) is 10.7. The number of ether oxygens (including phenoxy) is 2. The number of phenolic OH excluding ortho intramolecular Hbond substituents is 1. The molecule has 0 saturated carbocycles. The van der Waals surface area contributed by atoms with E-state index in [-0.39, 0.29) is 5.75 Å². The first-order chi connectivity index (χ1) is 14.1. The number of benzene rings is 3. The maximum atomic E-state index is 10.7. The highest BCUT2D eigenvalue weighted by atomic mass is 16.5. The van der Waals surface area contributed by atoms with Gasteiger partial charge in [0.25, 0.3) is 0 Å². The van der Waals surface area contributed by atoms with Gasteiger partial charge in [-0.3, -0.25) is 0 Å². The zero-order valence-electron chi connectivity index (χ0n) is 16.6. The summed E-state index contributed by atoms with van der Waals surface area (Å²) in [6.07, 6.45) is 0. The molecule has 1 N–H and O–H groups in total. The van der Waals surface area contributed by atoms with Gasteiger partial charge >= 0.3 is 0 Å². The number of nitrogens with zero attached hydrogens (tertiary/aromatic N) is 2. The van der Waals surface area contributed by atoms with Crippen molar-refractivity contribution in [2.45, 2.75) is 6.92 Å². The first-order valence-corrected chi connectivity index (χ1v) is 9.28. The monoisotopic (exact) mass is 386 g/mol.